The first-order valence-electron chi connectivity index (χ1n) is 10.1. The summed E-state index contributed by atoms with van der Waals surface area (Å²) >= 11 is 0. The third kappa shape index (κ3) is 5.20. The van der Waals surface area contributed by atoms with Gasteiger partial charge in [-0.2, -0.15) is 0 Å². The average Bonchev–Trinajstić information content (AvgIpc) is 2.78. The van der Waals surface area contributed by atoms with E-state index in [0.29, 0.717) is 48.5 Å². The molecule has 0 atom stereocenters. The Bertz CT molecular complexity index is 1130. The van der Waals surface area contributed by atoms with Gasteiger partial charge in [-0.25, -0.2) is 9.37 Å². The van der Waals surface area contributed by atoms with Crippen molar-refractivity contribution in [2.24, 2.45) is 0 Å². The van der Waals surface area contributed by atoms with Crippen LogP contribution in [0.15, 0.2) is 47.5 Å². The molecule has 31 heavy (non-hydrogen) atoms. The fourth-order valence-corrected chi connectivity index (χ4v) is 3.44. The minimum atomic E-state index is -0.321. The second kappa shape index (κ2) is 10.1. The van der Waals surface area contributed by atoms with Crippen LogP contribution in [0.2, 0.25) is 0 Å². The third-order valence-corrected chi connectivity index (χ3v) is 5.12. The number of ether oxygens (including phenoxy) is 2. The second-order valence-electron chi connectivity index (χ2n) is 7.11. The molecular formula is C23H26FN3O4. The molecule has 1 heterocycles. The molecule has 3 rings (SSSR count). The van der Waals surface area contributed by atoms with Crippen molar-refractivity contribution in [1.82, 2.24) is 14.5 Å². The molecule has 2 aromatic carbocycles. The van der Waals surface area contributed by atoms with Gasteiger partial charge in [-0.05, 0) is 37.1 Å². The van der Waals surface area contributed by atoms with Crippen molar-refractivity contribution in [3.05, 3.63) is 64.5 Å². The number of amides is 1. The van der Waals surface area contributed by atoms with Crippen molar-refractivity contribution < 1.29 is 18.7 Å². The van der Waals surface area contributed by atoms with Crippen LogP contribution in [-0.4, -0.2) is 41.1 Å². The molecule has 8 heteroatoms. The van der Waals surface area contributed by atoms with E-state index in [4.69, 9.17) is 9.47 Å². The Kier molecular flexibility index (Phi) is 7.23. The molecule has 7 nitrogen and oxygen atoms in total. The minimum absolute atomic E-state index is 0.0417. The molecule has 1 amide bonds. The Balaban J connectivity index is 1.67. The molecule has 0 spiro atoms. The fourth-order valence-electron chi connectivity index (χ4n) is 3.44. The highest BCUT2D eigenvalue weighted by Crippen LogP contribution is 2.29. The highest BCUT2D eigenvalue weighted by molar-refractivity contribution is 5.81. The number of benzene rings is 2. The Morgan fingerprint density at radius 2 is 1.90 bits per heavy atom. The summed E-state index contributed by atoms with van der Waals surface area (Å²) in [6.07, 6.45) is 2.24. The molecule has 0 N–H and O–H groups in total. The van der Waals surface area contributed by atoms with Crippen molar-refractivity contribution in [1.29, 1.82) is 0 Å². The van der Waals surface area contributed by atoms with E-state index in [1.54, 1.807) is 29.2 Å². The van der Waals surface area contributed by atoms with E-state index in [1.165, 1.54) is 37.2 Å². The van der Waals surface area contributed by atoms with Crippen molar-refractivity contribution in [3.8, 4) is 11.5 Å². The lowest BCUT2D eigenvalue weighted by atomic mass is 10.2. The van der Waals surface area contributed by atoms with Crippen LogP contribution in [0.25, 0.3) is 10.9 Å². The van der Waals surface area contributed by atoms with E-state index < -0.39 is 0 Å². The van der Waals surface area contributed by atoms with Gasteiger partial charge in [-0.1, -0.05) is 12.1 Å². The Hall–Kier alpha value is -3.42. The summed E-state index contributed by atoms with van der Waals surface area (Å²) < 4.78 is 25.4. The molecule has 0 fully saturated rings. The first-order valence-corrected chi connectivity index (χ1v) is 10.1. The predicted octanol–water partition coefficient (Wildman–Crippen LogP) is 3.38. The van der Waals surface area contributed by atoms with E-state index >= 15 is 0 Å². The smallest absolute Gasteiger partial charge is 0.261 e. The summed E-state index contributed by atoms with van der Waals surface area (Å²) in [5.41, 5.74) is 1.06. The number of carbonyl (C=O) groups is 1. The zero-order valence-electron chi connectivity index (χ0n) is 17.9. The largest absolute Gasteiger partial charge is 0.493 e. The summed E-state index contributed by atoms with van der Waals surface area (Å²) in [4.78, 5) is 31.4. The molecule has 0 unspecified atom stereocenters. The Labute approximate surface area is 180 Å². The molecule has 1 aromatic heterocycles. The number of methoxy groups -OCH3 is 2. The third-order valence-electron chi connectivity index (χ3n) is 5.12. The first kappa shape index (κ1) is 22.3. The normalized spacial score (nSPS) is 10.8. The summed E-state index contributed by atoms with van der Waals surface area (Å²) in [5.74, 6) is 0.597. The number of fused-ring (bicyclic) bond motifs is 1. The standard InChI is InChI=1S/C23H26FN3O4/c1-4-26(14-16-7-5-8-17(24)11-16)22(28)9-6-10-27-15-25-19-13-21(31-3)20(30-2)12-18(19)23(27)29/h5,7-8,11-13,15H,4,6,9-10,14H2,1-3H3. The minimum Gasteiger partial charge on any atom is -0.493 e. The zero-order valence-corrected chi connectivity index (χ0v) is 17.9. The molecule has 0 saturated heterocycles. The van der Waals surface area contributed by atoms with E-state index in [-0.39, 0.29) is 23.7 Å². The van der Waals surface area contributed by atoms with Gasteiger partial charge in [0.2, 0.25) is 5.91 Å². The van der Waals surface area contributed by atoms with Crippen LogP contribution in [0.1, 0.15) is 25.3 Å². The lowest BCUT2D eigenvalue weighted by molar-refractivity contribution is -0.131. The predicted molar refractivity (Wildman–Crippen MR) is 116 cm³/mol. The molecule has 0 radical (unpaired) electrons. The van der Waals surface area contributed by atoms with Crippen molar-refractivity contribution in [2.75, 3.05) is 20.8 Å². The summed E-state index contributed by atoms with van der Waals surface area (Å²) in [7, 11) is 3.03. The average molecular weight is 427 g/mol. The number of nitrogens with zero attached hydrogens (tertiary/aromatic N) is 3. The maximum atomic E-state index is 13.4. The van der Waals surface area contributed by atoms with Gasteiger partial charge in [-0.15, -0.1) is 0 Å². The maximum absolute atomic E-state index is 13.4. The van der Waals surface area contributed by atoms with E-state index in [9.17, 15) is 14.0 Å². The van der Waals surface area contributed by atoms with E-state index in [0.717, 1.165) is 5.56 Å². The molecule has 0 aliphatic carbocycles. The lowest BCUT2D eigenvalue weighted by Crippen LogP contribution is -2.30. The second-order valence-corrected chi connectivity index (χ2v) is 7.11. The van der Waals surface area contributed by atoms with E-state index in [1.807, 2.05) is 6.92 Å². The number of halogens is 1. The molecule has 164 valence electrons. The molecule has 0 aliphatic rings. The Morgan fingerprint density at radius 3 is 2.58 bits per heavy atom. The number of hydrogen-bond acceptors (Lipinski definition) is 5. The van der Waals surface area contributed by atoms with E-state index in [2.05, 4.69) is 4.98 Å². The number of carbonyl (C=O) groups excluding carboxylic acids is 1. The van der Waals surface area contributed by atoms with Gasteiger partial charge < -0.3 is 14.4 Å². The lowest BCUT2D eigenvalue weighted by Gasteiger charge is -2.21. The number of rotatable bonds is 9. The maximum Gasteiger partial charge on any atom is 0.261 e. The van der Waals surface area contributed by atoms with Crippen molar-refractivity contribution in [2.45, 2.75) is 32.9 Å². The van der Waals surface area contributed by atoms with Gasteiger partial charge in [-0.3, -0.25) is 14.2 Å². The molecular weight excluding hydrogens is 401 g/mol. The van der Waals surface area contributed by atoms with Gasteiger partial charge in [0.05, 0.1) is 31.4 Å². The van der Waals surface area contributed by atoms with Crippen LogP contribution < -0.4 is 15.0 Å². The van der Waals surface area contributed by atoms with Gasteiger partial charge in [0, 0.05) is 32.1 Å². The molecule has 3 aromatic rings. The fraction of sp³-hybridized carbons (Fsp3) is 0.348. The highest BCUT2D eigenvalue weighted by Gasteiger charge is 2.14. The molecule has 0 bridgehead atoms. The number of hydrogen-bond donors (Lipinski definition) is 0. The van der Waals surface area contributed by atoms with Gasteiger partial charge in [0.25, 0.3) is 5.56 Å². The van der Waals surface area contributed by atoms with Gasteiger partial charge >= 0.3 is 0 Å². The van der Waals surface area contributed by atoms with Crippen LogP contribution in [-0.2, 0) is 17.9 Å². The van der Waals surface area contributed by atoms with Crippen molar-refractivity contribution >= 4 is 16.8 Å². The summed E-state index contributed by atoms with van der Waals surface area (Å²) in [5, 5.41) is 0.424. The van der Waals surface area contributed by atoms with Crippen LogP contribution in [0, 0.1) is 5.82 Å². The number of aromatic nitrogens is 2. The van der Waals surface area contributed by atoms with Crippen molar-refractivity contribution in [3.63, 3.8) is 0 Å². The molecule has 0 saturated carbocycles. The van der Waals surface area contributed by atoms with Crippen LogP contribution in [0.5, 0.6) is 11.5 Å². The monoisotopic (exact) mass is 427 g/mol. The molecule has 0 aliphatic heterocycles. The van der Waals surface area contributed by atoms with Crippen LogP contribution >= 0.6 is 0 Å². The quantitative estimate of drug-likeness (QED) is 0.523. The zero-order chi connectivity index (χ0) is 22.4. The first-order chi connectivity index (χ1) is 15.0. The SMILES string of the molecule is CCN(Cc1cccc(F)c1)C(=O)CCCn1cnc2cc(OC)c(OC)cc2c1=O. The topological polar surface area (TPSA) is 73.7 Å². The van der Waals surface area contributed by atoms with Gasteiger partial charge in [0.15, 0.2) is 11.5 Å². The van der Waals surface area contributed by atoms with Gasteiger partial charge in [0.1, 0.15) is 5.82 Å². The Morgan fingerprint density at radius 1 is 1.16 bits per heavy atom. The summed E-state index contributed by atoms with van der Waals surface area (Å²) in [6, 6.07) is 9.51. The van der Waals surface area contributed by atoms with Crippen LogP contribution in [0.3, 0.4) is 0 Å². The number of aryl methyl sites for hydroxylation is 1. The highest BCUT2D eigenvalue weighted by atomic mass is 19.1. The van der Waals surface area contributed by atoms with Crippen LogP contribution in [0.4, 0.5) is 4.39 Å². The summed E-state index contributed by atoms with van der Waals surface area (Å²) in [6.45, 7) is 3.12.